The summed E-state index contributed by atoms with van der Waals surface area (Å²) in [6.45, 7) is 6.84. The SMILES string of the molecule is Nc1cc(C(=O)N2CCNCC2)ccc1N1CCN(C(c2ccccc2)c2ccccc2)CC1. The van der Waals surface area contributed by atoms with E-state index < -0.39 is 0 Å². The first-order chi connectivity index (χ1) is 16.7. The van der Waals surface area contributed by atoms with E-state index in [-0.39, 0.29) is 11.9 Å². The summed E-state index contributed by atoms with van der Waals surface area (Å²) in [6, 6.07) is 27.5. The second-order valence-electron chi connectivity index (χ2n) is 9.06. The van der Waals surface area contributed by atoms with Gasteiger partial charge in [0.1, 0.15) is 0 Å². The highest BCUT2D eigenvalue weighted by atomic mass is 16.2. The van der Waals surface area contributed by atoms with Gasteiger partial charge in [-0.1, -0.05) is 60.7 Å². The Kier molecular flexibility index (Phi) is 6.79. The molecule has 6 nitrogen and oxygen atoms in total. The lowest BCUT2D eigenvalue weighted by Gasteiger charge is -2.41. The van der Waals surface area contributed by atoms with Crippen LogP contribution >= 0.6 is 0 Å². The monoisotopic (exact) mass is 455 g/mol. The van der Waals surface area contributed by atoms with E-state index >= 15 is 0 Å². The first-order valence-electron chi connectivity index (χ1n) is 12.2. The number of carbonyl (C=O) groups is 1. The zero-order valence-corrected chi connectivity index (χ0v) is 19.6. The number of carbonyl (C=O) groups excluding carboxylic acids is 1. The average Bonchev–Trinajstić information content (AvgIpc) is 2.91. The number of anilines is 2. The molecule has 0 aromatic heterocycles. The Hall–Kier alpha value is -3.35. The molecule has 2 aliphatic rings. The summed E-state index contributed by atoms with van der Waals surface area (Å²) in [6.07, 6.45) is 0. The van der Waals surface area contributed by atoms with Crippen molar-refractivity contribution in [2.45, 2.75) is 6.04 Å². The van der Waals surface area contributed by atoms with Crippen LogP contribution in [0.5, 0.6) is 0 Å². The predicted molar refractivity (Wildman–Crippen MR) is 138 cm³/mol. The normalized spacial score (nSPS) is 17.2. The largest absolute Gasteiger partial charge is 0.397 e. The van der Waals surface area contributed by atoms with Gasteiger partial charge in [0.15, 0.2) is 0 Å². The van der Waals surface area contributed by atoms with E-state index in [9.17, 15) is 4.79 Å². The van der Waals surface area contributed by atoms with Crippen molar-refractivity contribution < 1.29 is 4.79 Å². The van der Waals surface area contributed by atoms with Crippen LogP contribution in [0.25, 0.3) is 0 Å². The molecule has 34 heavy (non-hydrogen) atoms. The van der Waals surface area contributed by atoms with E-state index in [0.29, 0.717) is 11.3 Å². The summed E-state index contributed by atoms with van der Waals surface area (Å²) in [5.41, 5.74) is 11.5. The van der Waals surface area contributed by atoms with Crippen LogP contribution in [0.15, 0.2) is 78.9 Å². The molecule has 0 bridgehead atoms. The van der Waals surface area contributed by atoms with Gasteiger partial charge in [-0.25, -0.2) is 0 Å². The summed E-state index contributed by atoms with van der Waals surface area (Å²) in [7, 11) is 0. The molecular weight excluding hydrogens is 422 g/mol. The molecule has 0 unspecified atom stereocenters. The van der Waals surface area contributed by atoms with Gasteiger partial charge in [0.2, 0.25) is 0 Å². The maximum atomic E-state index is 12.8. The van der Waals surface area contributed by atoms with Gasteiger partial charge in [-0.05, 0) is 29.3 Å². The molecule has 0 aliphatic carbocycles. The van der Waals surface area contributed by atoms with Gasteiger partial charge in [-0.15, -0.1) is 0 Å². The van der Waals surface area contributed by atoms with Crippen LogP contribution in [-0.4, -0.2) is 68.1 Å². The summed E-state index contributed by atoms with van der Waals surface area (Å²) in [5.74, 6) is 0.0677. The molecule has 0 spiro atoms. The van der Waals surface area contributed by atoms with E-state index in [1.54, 1.807) is 0 Å². The van der Waals surface area contributed by atoms with Gasteiger partial charge in [-0.3, -0.25) is 9.69 Å². The third-order valence-electron chi connectivity index (χ3n) is 6.93. The van der Waals surface area contributed by atoms with Crippen LogP contribution in [0, 0.1) is 0 Å². The molecule has 2 saturated heterocycles. The quantitative estimate of drug-likeness (QED) is 0.579. The molecule has 0 radical (unpaired) electrons. The van der Waals surface area contributed by atoms with Crippen molar-refractivity contribution in [1.29, 1.82) is 0 Å². The van der Waals surface area contributed by atoms with Gasteiger partial charge in [-0.2, -0.15) is 0 Å². The highest BCUT2D eigenvalue weighted by Gasteiger charge is 2.27. The Morgan fingerprint density at radius 3 is 1.91 bits per heavy atom. The fourth-order valence-corrected chi connectivity index (χ4v) is 5.13. The second-order valence-corrected chi connectivity index (χ2v) is 9.06. The molecule has 0 atom stereocenters. The third kappa shape index (κ3) is 4.79. The molecule has 1 amide bonds. The Labute approximate surface area is 202 Å². The van der Waals surface area contributed by atoms with Crippen molar-refractivity contribution in [3.8, 4) is 0 Å². The summed E-state index contributed by atoms with van der Waals surface area (Å²) >= 11 is 0. The van der Waals surface area contributed by atoms with Crippen LogP contribution in [0.1, 0.15) is 27.5 Å². The average molecular weight is 456 g/mol. The Bertz CT molecular complexity index is 1050. The topological polar surface area (TPSA) is 64.8 Å². The van der Waals surface area contributed by atoms with Crippen LogP contribution in [0.3, 0.4) is 0 Å². The summed E-state index contributed by atoms with van der Waals surface area (Å²) in [5, 5.41) is 3.29. The van der Waals surface area contributed by atoms with E-state index in [4.69, 9.17) is 5.73 Å². The van der Waals surface area contributed by atoms with Crippen molar-refractivity contribution in [2.24, 2.45) is 0 Å². The van der Waals surface area contributed by atoms with Gasteiger partial charge < -0.3 is 20.9 Å². The number of rotatable bonds is 5. The third-order valence-corrected chi connectivity index (χ3v) is 6.93. The highest BCUT2D eigenvalue weighted by molar-refractivity contribution is 5.96. The van der Waals surface area contributed by atoms with E-state index in [1.807, 2.05) is 23.1 Å². The molecule has 2 fully saturated rings. The minimum Gasteiger partial charge on any atom is -0.397 e. The van der Waals surface area contributed by atoms with Crippen molar-refractivity contribution in [3.63, 3.8) is 0 Å². The van der Waals surface area contributed by atoms with Crippen LogP contribution in [-0.2, 0) is 0 Å². The summed E-state index contributed by atoms with van der Waals surface area (Å²) in [4.78, 5) is 19.6. The molecular formula is C28H33N5O. The number of nitrogen functional groups attached to an aromatic ring is 1. The Balaban J connectivity index is 1.29. The van der Waals surface area contributed by atoms with Gasteiger partial charge in [0, 0.05) is 57.9 Å². The lowest BCUT2D eigenvalue weighted by Crippen LogP contribution is -2.48. The van der Waals surface area contributed by atoms with Crippen molar-refractivity contribution >= 4 is 17.3 Å². The Morgan fingerprint density at radius 1 is 0.765 bits per heavy atom. The maximum Gasteiger partial charge on any atom is 0.254 e. The zero-order chi connectivity index (χ0) is 23.3. The number of nitrogens with one attached hydrogen (secondary N) is 1. The van der Waals surface area contributed by atoms with Crippen molar-refractivity contribution in [1.82, 2.24) is 15.1 Å². The van der Waals surface area contributed by atoms with E-state index in [2.05, 4.69) is 75.8 Å². The maximum absolute atomic E-state index is 12.8. The van der Waals surface area contributed by atoms with Gasteiger partial charge in [0.25, 0.3) is 5.91 Å². The number of hydrogen-bond donors (Lipinski definition) is 2. The number of nitrogens with zero attached hydrogens (tertiary/aromatic N) is 3. The summed E-state index contributed by atoms with van der Waals surface area (Å²) < 4.78 is 0. The first-order valence-corrected chi connectivity index (χ1v) is 12.2. The number of amides is 1. The van der Waals surface area contributed by atoms with Gasteiger partial charge >= 0.3 is 0 Å². The molecule has 3 aromatic rings. The standard InChI is InChI=1S/C28H33N5O/c29-25-21-24(28(34)33-15-13-30-14-16-33)11-12-26(25)31-17-19-32(20-18-31)27(22-7-3-1-4-8-22)23-9-5-2-6-10-23/h1-12,21,27,30H,13-20,29H2. The molecule has 0 saturated carbocycles. The minimum atomic E-state index is 0.0677. The molecule has 2 aliphatic heterocycles. The Morgan fingerprint density at radius 2 is 1.35 bits per heavy atom. The second kappa shape index (κ2) is 10.3. The number of benzene rings is 3. The molecule has 3 N–H and O–H groups in total. The fraction of sp³-hybridized carbons (Fsp3) is 0.321. The van der Waals surface area contributed by atoms with E-state index in [1.165, 1.54) is 11.1 Å². The fourth-order valence-electron chi connectivity index (χ4n) is 5.13. The van der Waals surface area contributed by atoms with Crippen molar-refractivity contribution in [3.05, 3.63) is 95.6 Å². The number of piperazine rings is 2. The van der Waals surface area contributed by atoms with Gasteiger partial charge in [0.05, 0.1) is 17.4 Å². The molecule has 6 heteroatoms. The lowest BCUT2D eigenvalue weighted by molar-refractivity contribution is 0.0736. The first kappa shape index (κ1) is 22.4. The molecule has 2 heterocycles. The van der Waals surface area contributed by atoms with Crippen LogP contribution < -0.4 is 16.0 Å². The molecule has 5 rings (SSSR count). The minimum absolute atomic E-state index is 0.0677. The highest BCUT2D eigenvalue weighted by Crippen LogP contribution is 2.32. The number of nitrogens with two attached hydrogens (primary N) is 1. The lowest BCUT2D eigenvalue weighted by atomic mass is 9.96. The molecule has 3 aromatic carbocycles. The van der Waals surface area contributed by atoms with Crippen LogP contribution in [0.4, 0.5) is 11.4 Å². The van der Waals surface area contributed by atoms with Crippen molar-refractivity contribution in [2.75, 3.05) is 63.0 Å². The molecule has 176 valence electrons. The predicted octanol–water partition coefficient (Wildman–Crippen LogP) is 3.23. The number of hydrogen-bond acceptors (Lipinski definition) is 5. The smallest absolute Gasteiger partial charge is 0.254 e. The van der Waals surface area contributed by atoms with Crippen LogP contribution in [0.2, 0.25) is 0 Å². The van der Waals surface area contributed by atoms with E-state index in [0.717, 1.165) is 58.0 Å². The zero-order valence-electron chi connectivity index (χ0n) is 19.6.